The smallest absolute Gasteiger partial charge is 0.0937 e. The summed E-state index contributed by atoms with van der Waals surface area (Å²) < 4.78 is 0. The molecule has 1 atom stereocenters. The predicted octanol–water partition coefficient (Wildman–Crippen LogP) is 2.49. The van der Waals surface area contributed by atoms with Crippen LogP contribution in [0.3, 0.4) is 0 Å². The zero-order valence-corrected chi connectivity index (χ0v) is 7.73. The summed E-state index contributed by atoms with van der Waals surface area (Å²) in [5, 5.41) is 10.6. The van der Waals surface area contributed by atoms with Crippen molar-refractivity contribution in [2.75, 3.05) is 0 Å². The lowest BCUT2D eigenvalue weighted by molar-refractivity contribution is 0.00871. The fourth-order valence-electron chi connectivity index (χ4n) is 1.76. The van der Waals surface area contributed by atoms with Gasteiger partial charge in [-0.05, 0) is 29.7 Å². The van der Waals surface area contributed by atoms with Crippen LogP contribution in [0, 0.1) is 0 Å². The van der Waals surface area contributed by atoms with E-state index in [-0.39, 0.29) is 0 Å². The maximum Gasteiger partial charge on any atom is 0.0937 e. The van der Waals surface area contributed by atoms with E-state index in [9.17, 15) is 5.11 Å². The van der Waals surface area contributed by atoms with Gasteiger partial charge in [-0.2, -0.15) is 0 Å². The Morgan fingerprint density at radius 2 is 2.33 bits per heavy atom. The van der Waals surface area contributed by atoms with Gasteiger partial charge in [-0.15, -0.1) is 0 Å². The Balaban J connectivity index is 2.46. The second kappa shape index (κ2) is 2.48. The standard InChI is InChI=1S/C10H11ClO/c1-2-10(12)6-7-3-4-8(11)5-9(7)10/h3-5,12H,2,6H2,1H3. The van der Waals surface area contributed by atoms with Crippen LogP contribution in [-0.2, 0) is 12.0 Å². The molecule has 0 heterocycles. The first-order chi connectivity index (χ1) is 5.65. The molecule has 12 heavy (non-hydrogen) atoms. The van der Waals surface area contributed by atoms with Crippen molar-refractivity contribution in [2.24, 2.45) is 0 Å². The van der Waals surface area contributed by atoms with Crippen molar-refractivity contribution < 1.29 is 5.11 Å². The van der Waals surface area contributed by atoms with Crippen LogP contribution in [0.15, 0.2) is 18.2 Å². The third-order valence-corrected chi connectivity index (χ3v) is 2.88. The second-order valence-corrected chi connectivity index (χ2v) is 3.80. The van der Waals surface area contributed by atoms with Crippen LogP contribution in [0.5, 0.6) is 0 Å². The maximum atomic E-state index is 9.94. The summed E-state index contributed by atoms with van der Waals surface area (Å²) >= 11 is 5.82. The highest BCUT2D eigenvalue weighted by Crippen LogP contribution is 2.42. The summed E-state index contributed by atoms with van der Waals surface area (Å²) in [5.41, 5.74) is 1.64. The van der Waals surface area contributed by atoms with E-state index in [1.807, 2.05) is 25.1 Å². The van der Waals surface area contributed by atoms with Gasteiger partial charge in [0, 0.05) is 11.4 Å². The molecule has 0 bridgehead atoms. The van der Waals surface area contributed by atoms with Crippen molar-refractivity contribution in [3.8, 4) is 0 Å². The van der Waals surface area contributed by atoms with Crippen LogP contribution < -0.4 is 0 Å². The second-order valence-electron chi connectivity index (χ2n) is 3.36. The molecule has 0 saturated heterocycles. The minimum Gasteiger partial charge on any atom is -0.385 e. The first-order valence-electron chi connectivity index (χ1n) is 4.17. The number of rotatable bonds is 1. The molecule has 2 heteroatoms. The van der Waals surface area contributed by atoms with Gasteiger partial charge in [-0.1, -0.05) is 24.6 Å². The Morgan fingerprint density at radius 1 is 1.58 bits per heavy atom. The molecule has 1 unspecified atom stereocenters. The van der Waals surface area contributed by atoms with Crippen LogP contribution in [0.4, 0.5) is 0 Å². The van der Waals surface area contributed by atoms with Crippen LogP contribution in [0.25, 0.3) is 0 Å². The van der Waals surface area contributed by atoms with E-state index in [1.54, 1.807) is 0 Å². The molecule has 0 aromatic heterocycles. The van der Waals surface area contributed by atoms with Crippen LogP contribution in [-0.4, -0.2) is 5.11 Å². The molecule has 1 aromatic rings. The van der Waals surface area contributed by atoms with Gasteiger partial charge < -0.3 is 5.11 Å². The van der Waals surface area contributed by atoms with E-state index in [4.69, 9.17) is 11.6 Å². The zero-order chi connectivity index (χ0) is 8.77. The largest absolute Gasteiger partial charge is 0.385 e. The first kappa shape index (κ1) is 8.09. The van der Waals surface area contributed by atoms with Crippen molar-refractivity contribution in [3.63, 3.8) is 0 Å². The number of hydrogen-bond donors (Lipinski definition) is 1. The van der Waals surface area contributed by atoms with Gasteiger partial charge in [-0.3, -0.25) is 0 Å². The topological polar surface area (TPSA) is 20.2 Å². The molecule has 64 valence electrons. The minimum absolute atomic E-state index is 0.597. The first-order valence-corrected chi connectivity index (χ1v) is 4.55. The lowest BCUT2D eigenvalue weighted by Gasteiger charge is -2.38. The van der Waals surface area contributed by atoms with E-state index in [0.717, 1.165) is 18.4 Å². The van der Waals surface area contributed by atoms with Crippen molar-refractivity contribution in [1.82, 2.24) is 0 Å². The molecule has 2 rings (SSSR count). The minimum atomic E-state index is -0.597. The Labute approximate surface area is 77.0 Å². The fourth-order valence-corrected chi connectivity index (χ4v) is 1.93. The maximum absolute atomic E-state index is 9.94. The number of hydrogen-bond acceptors (Lipinski definition) is 1. The summed E-state index contributed by atoms with van der Waals surface area (Å²) in [6, 6.07) is 5.72. The van der Waals surface area contributed by atoms with Crippen LogP contribution in [0.2, 0.25) is 5.02 Å². The molecule has 0 aliphatic heterocycles. The molecule has 1 aliphatic carbocycles. The van der Waals surface area contributed by atoms with E-state index in [2.05, 4.69) is 0 Å². The molecule has 0 fully saturated rings. The Hall–Kier alpha value is -0.530. The highest BCUT2D eigenvalue weighted by Gasteiger charge is 2.38. The van der Waals surface area contributed by atoms with Crippen LogP contribution >= 0.6 is 11.6 Å². The summed E-state index contributed by atoms with van der Waals surface area (Å²) in [5.74, 6) is 0. The third-order valence-electron chi connectivity index (χ3n) is 2.64. The van der Waals surface area contributed by atoms with Crippen molar-refractivity contribution in [3.05, 3.63) is 34.3 Å². The van der Waals surface area contributed by atoms with E-state index < -0.39 is 5.60 Å². The van der Waals surface area contributed by atoms with E-state index in [0.29, 0.717) is 5.02 Å². The third kappa shape index (κ3) is 0.970. The molecule has 1 aromatic carbocycles. The van der Waals surface area contributed by atoms with Crippen LogP contribution in [0.1, 0.15) is 24.5 Å². The number of halogens is 1. The number of aliphatic hydroxyl groups is 1. The van der Waals surface area contributed by atoms with Gasteiger partial charge in [0.2, 0.25) is 0 Å². The summed E-state index contributed by atoms with van der Waals surface area (Å²) in [7, 11) is 0. The van der Waals surface area contributed by atoms with Gasteiger partial charge in [0.1, 0.15) is 0 Å². The highest BCUT2D eigenvalue weighted by molar-refractivity contribution is 6.30. The lowest BCUT2D eigenvalue weighted by Crippen LogP contribution is -2.37. The molecule has 0 spiro atoms. The van der Waals surface area contributed by atoms with Gasteiger partial charge in [0.05, 0.1) is 5.60 Å². The Morgan fingerprint density at radius 3 is 3.00 bits per heavy atom. The molecule has 0 radical (unpaired) electrons. The number of fused-ring (bicyclic) bond motifs is 1. The molecule has 1 N–H and O–H groups in total. The molecular weight excluding hydrogens is 172 g/mol. The number of benzene rings is 1. The Kier molecular flexibility index (Phi) is 1.67. The van der Waals surface area contributed by atoms with Gasteiger partial charge >= 0.3 is 0 Å². The molecule has 0 amide bonds. The predicted molar refractivity (Wildman–Crippen MR) is 49.3 cm³/mol. The normalized spacial score (nSPS) is 26.2. The highest BCUT2D eigenvalue weighted by atomic mass is 35.5. The monoisotopic (exact) mass is 182 g/mol. The SMILES string of the molecule is CCC1(O)Cc2ccc(Cl)cc21. The average molecular weight is 183 g/mol. The van der Waals surface area contributed by atoms with Crippen molar-refractivity contribution in [2.45, 2.75) is 25.4 Å². The summed E-state index contributed by atoms with van der Waals surface area (Å²) in [6.07, 6.45) is 1.54. The zero-order valence-electron chi connectivity index (χ0n) is 6.97. The molecular formula is C10H11ClO. The van der Waals surface area contributed by atoms with Crippen molar-refractivity contribution >= 4 is 11.6 Å². The van der Waals surface area contributed by atoms with E-state index in [1.165, 1.54) is 5.56 Å². The van der Waals surface area contributed by atoms with Gasteiger partial charge in [-0.25, -0.2) is 0 Å². The average Bonchev–Trinajstić information content (AvgIpc) is 2.06. The Bertz CT molecular complexity index is 322. The fraction of sp³-hybridized carbons (Fsp3) is 0.400. The van der Waals surface area contributed by atoms with Crippen molar-refractivity contribution in [1.29, 1.82) is 0 Å². The molecule has 1 nitrogen and oxygen atoms in total. The van der Waals surface area contributed by atoms with Gasteiger partial charge in [0.15, 0.2) is 0 Å². The quantitative estimate of drug-likeness (QED) is 0.708. The summed E-state index contributed by atoms with van der Waals surface area (Å²) in [4.78, 5) is 0. The lowest BCUT2D eigenvalue weighted by atomic mass is 9.72. The molecule has 1 aliphatic rings. The van der Waals surface area contributed by atoms with E-state index >= 15 is 0 Å². The van der Waals surface area contributed by atoms with Gasteiger partial charge in [0.25, 0.3) is 0 Å². The molecule has 0 saturated carbocycles. The summed E-state index contributed by atoms with van der Waals surface area (Å²) in [6.45, 7) is 1.99.